The molecular formula is C14H11F3N2O. The SMILES string of the molecule is Nc1ccccc1CC(=O)Nc1ccc(F)c(F)c1F. The number of rotatable bonds is 3. The molecule has 0 unspecified atom stereocenters. The molecule has 104 valence electrons. The Morgan fingerprint density at radius 1 is 1.05 bits per heavy atom. The van der Waals surface area contributed by atoms with Crippen LogP contribution in [0.5, 0.6) is 0 Å². The Kier molecular flexibility index (Phi) is 3.93. The lowest BCUT2D eigenvalue weighted by Gasteiger charge is -2.08. The molecule has 0 fully saturated rings. The summed E-state index contributed by atoms with van der Waals surface area (Å²) in [6, 6.07) is 8.39. The number of hydrogen-bond acceptors (Lipinski definition) is 2. The number of carbonyl (C=O) groups is 1. The molecule has 0 atom stereocenters. The topological polar surface area (TPSA) is 55.1 Å². The number of carbonyl (C=O) groups excluding carboxylic acids is 1. The summed E-state index contributed by atoms with van der Waals surface area (Å²) in [5.74, 6) is -4.94. The van der Waals surface area contributed by atoms with Crippen LogP contribution in [0.1, 0.15) is 5.56 Å². The lowest BCUT2D eigenvalue weighted by atomic mass is 10.1. The minimum absolute atomic E-state index is 0.0922. The van der Waals surface area contributed by atoms with Gasteiger partial charge in [0.1, 0.15) is 0 Å². The third-order valence-electron chi connectivity index (χ3n) is 2.72. The minimum Gasteiger partial charge on any atom is -0.398 e. The molecule has 0 bridgehead atoms. The van der Waals surface area contributed by atoms with Gasteiger partial charge in [0.25, 0.3) is 0 Å². The molecule has 2 aromatic rings. The summed E-state index contributed by atoms with van der Waals surface area (Å²) in [6.07, 6.45) is -0.0922. The van der Waals surface area contributed by atoms with Crippen LogP contribution in [-0.2, 0) is 11.2 Å². The molecule has 0 aliphatic heterocycles. The number of halogens is 3. The summed E-state index contributed by atoms with van der Waals surface area (Å²) >= 11 is 0. The number of benzene rings is 2. The van der Waals surface area contributed by atoms with Gasteiger partial charge < -0.3 is 11.1 Å². The predicted octanol–water partition coefficient (Wildman–Crippen LogP) is 2.87. The fourth-order valence-corrected chi connectivity index (χ4v) is 1.68. The number of nitrogens with one attached hydrogen (secondary N) is 1. The molecule has 0 aromatic heterocycles. The summed E-state index contributed by atoms with van der Waals surface area (Å²) < 4.78 is 39.2. The van der Waals surface area contributed by atoms with Crippen molar-refractivity contribution in [3.05, 3.63) is 59.4 Å². The van der Waals surface area contributed by atoms with Crippen LogP contribution in [0.2, 0.25) is 0 Å². The largest absolute Gasteiger partial charge is 0.398 e. The van der Waals surface area contributed by atoms with Crippen molar-refractivity contribution in [3.63, 3.8) is 0 Å². The van der Waals surface area contributed by atoms with Crippen molar-refractivity contribution in [1.82, 2.24) is 0 Å². The molecule has 0 spiro atoms. The van der Waals surface area contributed by atoms with Crippen LogP contribution in [0.15, 0.2) is 36.4 Å². The standard InChI is InChI=1S/C14H11F3N2O/c15-9-5-6-11(14(17)13(9)16)19-12(20)7-8-3-1-2-4-10(8)18/h1-6H,7,18H2,(H,19,20). The molecule has 0 saturated heterocycles. The van der Waals surface area contributed by atoms with Crippen molar-refractivity contribution in [1.29, 1.82) is 0 Å². The average molecular weight is 280 g/mol. The molecule has 0 radical (unpaired) electrons. The summed E-state index contributed by atoms with van der Waals surface area (Å²) in [7, 11) is 0. The summed E-state index contributed by atoms with van der Waals surface area (Å²) in [5.41, 5.74) is 6.25. The van der Waals surface area contributed by atoms with E-state index in [1.807, 2.05) is 0 Å². The first kappa shape index (κ1) is 13.9. The molecule has 0 saturated carbocycles. The molecule has 2 aromatic carbocycles. The van der Waals surface area contributed by atoms with E-state index in [9.17, 15) is 18.0 Å². The maximum Gasteiger partial charge on any atom is 0.228 e. The Morgan fingerprint density at radius 2 is 1.75 bits per heavy atom. The first-order valence-electron chi connectivity index (χ1n) is 5.75. The van der Waals surface area contributed by atoms with E-state index in [1.165, 1.54) is 0 Å². The van der Waals surface area contributed by atoms with Crippen LogP contribution >= 0.6 is 0 Å². The Balaban J connectivity index is 2.13. The first-order valence-corrected chi connectivity index (χ1v) is 5.75. The predicted molar refractivity (Wildman–Crippen MR) is 69.5 cm³/mol. The van der Waals surface area contributed by atoms with Crippen molar-refractivity contribution in [2.45, 2.75) is 6.42 Å². The second-order valence-corrected chi connectivity index (χ2v) is 4.15. The summed E-state index contributed by atoms with van der Waals surface area (Å²) in [5, 5.41) is 2.18. The zero-order valence-electron chi connectivity index (χ0n) is 10.3. The summed E-state index contributed by atoms with van der Waals surface area (Å²) in [4.78, 5) is 11.7. The highest BCUT2D eigenvalue weighted by Gasteiger charge is 2.15. The van der Waals surface area contributed by atoms with Gasteiger partial charge in [0.05, 0.1) is 12.1 Å². The van der Waals surface area contributed by atoms with E-state index < -0.39 is 29.0 Å². The number of amides is 1. The van der Waals surface area contributed by atoms with Crippen LogP contribution in [0.25, 0.3) is 0 Å². The fourth-order valence-electron chi connectivity index (χ4n) is 1.68. The van der Waals surface area contributed by atoms with Gasteiger partial charge in [-0.3, -0.25) is 4.79 Å². The number of nitrogen functional groups attached to an aromatic ring is 1. The molecule has 1 amide bonds. The smallest absolute Gasteiger partial charge is 0.228 e. The van der Waals surface area contributed by atoms with Crippen molar-refractivity contribution < 1.29 is 18.0 Å². The van der Waals surface area contributed by atoms with E-state index in [2.05, 4.69) is 5.32 Å². The highest BCUT2D eigenvalue weighted by atomic mass is 19.2. The van der Waals surface area contributed by atoms with Gasteiger partial charge in [0.15, 0.2) is 17.5 Å². The first-order chi connectivity index (χ1) is 9.49. The second kappa shape index (κ2) is 5.64. The molecule has 2 rings (SSSR count). The van der Waals surface area contributed by atoms with Crippen LogP contribution in [0.4, 0.5) is 24.5 Å². The van der Waals surface area contributed by atoms with Crippen LogP contribution in [-0.4, -0.2) is 5.91 Å². The second-order valence-electron chi connectivity index (χ2n) is 4.15. The van der Waals surface area contributed by atoms with E-state index in [1.54, 1.807) is 24.3 Å². The Hall–Kier alpha value is -2.50. The monoisotopic (exact) mass is 280 g/mol. The van der Waals surface area contributed by atoms with Crippen molar-refractivity contribution in [2.75, 3.05) is 11.1 Å². The minimum atomic E-state index is -1.62. The molecule has 3 N–H and O–H groups in total. The van der Waals surface area contributed by atoms with Gasteiger partial charge in [-0.05, 0) is 23.8 Å². The van der Waals surface area contributed by atoms with Gasteiger partial charge >= 0.3 is 0 Å². The molecule has 3 nitrogen and oxygen atoms in total. The van der Waals surface area contributed by atoms with Gasteiger partial charge in [-0.2, -0.15) is 0 Å². The van der Waals surface area contributed by atoms with Crippen LogP contribution < -0.4 is 11.1 Å². The normalized spacial score (nSPS) is 10.3. The molecular weight excluding hydrogens is 269 g/mol. The third-order valence-corrected chi connectivity index (χ3v) is 2.72. The Labute approximate surface area is 113 Å². The lowest BCUT2D eigenvalue weighted by molar-refractivity contribution is -0.115. The Bertz CT molecular complexity index is 659. The van der Waals surface area contributed by atoms with Crippen molar-refractivity contribution in [2.24, 2.45) is 0 Å². The van der Waals surface area contributed by atoms with E-state index in [4.69, 9.17) is 5.73 Å². The maximum atomic E-state index is 13.4. The van der Waals surface area contributed by atoms with Crippen LogP contribution in [0.3, 0.4) is 0 Å². The highest BCUT2D eigenvalue weighted by Crippen LogP contribution is 2.20. The van der Waals surface area contributed by atoms with Gasteiger partial charge in [-0.15, -0.1) is 0 Å². The van der Waals surface area contributed by atoms with E-state index >= 15 is 0 Å². The van der Waals surface area contributed by atoms with Crippen molar-refractivity contribution in [3.8, 4) is 0 Å². The molecule has 6 heteroatoms. The van der Waals surface area contributed by atoms with Crippen molar-refractivity contribution >= 4 is 17.3 Å². The Morgan fingerprint density at radius 3 is 2.45 bits per heavy atom. The van der Waals surface area contributed by atoms with E-state index in [0.29, 0.717) is 11.3 Å². The quantitative estimate of drug-likeness (QED) is 0.671. The molecule has 0 heterocycles. The molecule has 0 aliphatic rings. The van der Waals surface area contributed by atoms with Gasteiger partial charge in [0.2, 0.25) is 5.91 Å². The highest BCUT2D eigenvalue weighted by molar-refractivity contribution is 5.93. The van der Waals surface area contributed by atoms with Gasteiger partial charge in [-0.1, -0.05) is 18.2 Å². The maximum absolute atomic E-state index is 13.4. The molecule has 0 aliphatic carbocycles. The third kappa shape index (κ3) is 2.90. The van der Waals surface area contributed by atoms with E-state index in [0.717, 1.165) is 12.1 Å². The van der Waals surface area contributed by atoms with Gasteiger partial charge in [0, 0.05) is 5.69 Å². The zero-order chi connectivity index (χ0) is 14.7. The zero-order valence-corrected chi connectivity index (χ0v) is 10.3. The van der Waals surface area contributed by atoms with E-state index in [-0.39, 0.29) is 6.42 Å². The number of anilines is 2. The lowest BCUT2D eigenvalue weighted by Crippen LogP contribution is -2.16. The number of nitrogens with two attached hydrogens (primary N) is 1. The van der Waals surface area contributed by atoms with Gasteiger partial charge in [-0.25, -0.2) is 13.2 Å². The average Bonchev–Trinajstić information content (AvgIpc) is 2.42. The van der Waals surface area contributed by atoms with Crippen LogP contribution in [0, 0.1) is 17.5 Å². The molecule has 20 heavy (non-hydrogen) atoms. The summed E-state index contributed by atoms with van der Waals surface area (Å²) in [6.45, 7) is 0. The number of para-hydroxylation sites is 1. The number of hydrogen-bond donors (Lipinski definition) is 2. The fraction of sp³-hybridized carbons (Fsp3) is 0.0714.